The maximum Gasteiger partial charge on any atom is 0.201 e. The fourth-order valence-electron chi connectivity index (χ4n) is 2.84. The summed E-state index contributed by atoms with van der Waals surface area (Å²) in [5.41, 5.74) is 1.55. The van der Waals surface area contributed by atoms with Gasteiger partial charge in [0.2, 0.25) is 11.6 Å². The average molecular weight is 483 g/mol. The van der Waals surface area contributed by atoms with E-state index in [1.165, 1.54) is 24.3 Å². The van der Waals surface area contributed by atoms with Crippen LogP contribution < -0.4 is 4.74 Å². The number of allylic oxidation sites excluding steroid dienone is 5. The van der Waals surface area contributed by atoms with Crippen LogP contribution in [0.3, 0.4) is 0 Å². The minimum atomic E-state index is -1.27. The van der Waals surface area contributed by atoms with E-state index in [1.54, 1.807) is 37.3 Å². The Morgan fingerprint density at radius 1 is 0.886 bits per heavy atom. The predicted molar refractivity (Wildman–Crippen MR) is 134 cm³/mol. The van der Waals surface area contributed by atoms with E-state index >= 15 is 0 Å². The van der Waals surface area contributed by atoms with E-state index in [1.807, 2.05) is 0 Å². The zero-order chi connectivity index (χ0) is 26.1. The second-order valence-electron chi connectivity index (χ2n) is 7.33. The number of rotatable bonds is 12. The Morgan fingerprint density at radius 3 is 2.14 bits per heavy atom. The van der Waals surface area contributed by atoms with Crippen molar-refractivity contribution in [1.29, 1.82) is 0 Å². The lowest BCUT2D eigenvalue weighted by molar-refractivity contribution is 0.224. The Labute approximate surface area is 203 Å². The van der Waals surface area contributed by atoms with E-state index in [9.17, 15) is 17.6 Å². The summed E-state index contributed by atoms with van der Waals surface area (Å²) >= 11 is 0. The van der Waals surface area contributed by atoms with Crippen LogP contribution in [0.1, 0.15) is 12.5 Å². The maximum atomic E-state index is 14.6. The molecule has 0 spiro atoms. The summed E-state index contributed by atoms with van der Waals surface area (Å²) in [6.45, 7) is 19.4. The number of hydrogen-bond donors (Lipinski definition) is 0. The van der Waals surface area contributed by atoms with Gasteiger partial charge in [0.25, 0.3) is 0 Å². The number of hydrogen-bond acceptors (Lipinski definition) is 2. The molecule has 0 aromatic heterocycles. The Kier molecular flexibility index (Phi) is 9.64. The van der Waals surface area contributed by atoms with Crippen molar-refractivity contribution in [1.82, 2.24) is 0 Å². The maximum absolute atomic E-state index is 14.6. The van der Waals surface area contributed by atoms with Gasteiger partial charge in [-0.3, -0.25) is 0 Å². The summed E-state index contributed by atoms with van der Waals surface area (Å²) in [4.78, 5) is 0. The van der Waals surface area contributed by atoms with Gasteiger partial charge in [-0.2, -0.15) is 8.78 Å². The third kappa shape index (κ3) is 6.96. The van der Waals surface area contributed by atoms with Gasteiger partial charge in [0.05, 0.1) is 6.61 Å². The Morgan fingerprint density at radius 2 is 1.54 bits per heavy atom. The van der Waals surface area contributed by atoms with Gasteiger partial charge >= 0.3 is 0 Å². The summed E-state index contributed by atoms with van der Waals surface area (Å²) in [7, 11) is 0. The van der Waals surface area contributed by atoms with Crippen molar-refractivity contribution in [3.8, 4) is 16.9 Å². The molecule has 0 fully saturated rings. The van der Waals surface area contributed by atoms with Crippen LogP contribution >= 0.6 is 0 Å². The van der Waals surface area contributed by atoms with Crippen molar-refractivity contribution < 1.29 is 27.0 Å². The molecule has 2 aromatic rings. The van der Waals surface area contributed by atoms with Crippen molar-refractivity contribution in [3.63, 3.8) is 0 Å². The molecule has 0 radical (unpaired) electrons. The molecule has 2 aromatic carbocycles. The van der Waals surface area contributed by atoms with E-state index in [0.717, 1.165) is 5.56 Å². The lowest BCUT2D eigenvalue weighted by Crippen LogP contribution is -2.02. The first-order chi connectivity index (χ1) is 16.6. The van der Waals surface area contributed by atoms with E-state index in [-0.39, 0.29) is 35.7 Å². The largest absolute Gasteiger partial charge is 0.491 e. The Hall–Kier alpha value is -4.06. The highest BCUT2D eigenvalue weighted by molar-refractivity contribution is 5.67. The molecule has 0 saturated heterocycles. The Bertz CT molecular complexity index is 1220. The molecular weight excluding hydrogens is 456 g/mol. The van der Waals surface area contributed by atoms with Crippen molar-refractivity contribution in [2.24, 2.45) is 0 Å². The van der Waals surface area contributed by atoms with Crippen LogP contribution in [0.2, 0.25) is 0 Å². The minimum absolute atomic E-state index is 0.0622. The molecule has 0 atom stereocenters. The fraction of sp³-hybridized carbons (Fsp3) is 0.103. The van der Waals surface area contributed by atoms with Crippen LogP contribution in [0, 0.1) is 11.6 Å². The molecule has 35 heavy (non-hydrogen) atoms. The van der Waals surface area contributed by atoms with Crippen molar-refractivity contribution >= 4 is 6.08 Å². The summed E-state index contributed by atoms with van der Waals surface area (Å²) in [6.07, 6.45) is 4.41. The van der Waals surface area contributed by atoms with Crippen LogP contribution in [0.25, 0.3) is 17.2 Å². The lowest BCUT2D eigenvalue weighted by Gasteiger charge is -2.11. The third-order valence-electron chi connectivity index (χ3n) is 4.85. The van der Waals surface area contributed by atoms with Gasteiger partial charge in [-0.1, -0.05) is 75.4 Å². The molecule has 0 aliphatic rings. The first-order valence-electron chi connectivity index (χ1n) is 10.6. The Balaban J connectivity index is 2.04. The zero-order valence-electron chi connectivity index (χ0n) is 19.5. The molecule has 6 heteroatoms. The third-order valence-corrected chi connectivity index (χ3v) is 4.85. The van der Waals surface area contributed by atoms with Crippen LogP contribution in [0.5, 0.6) is 5.75 Å². The second-order valence-corrected chi connectivity index (χ2v) is 7.33. The molecule has 2 rings (SSSR count). The minimum Gasteiger partial charge on any atom is -0.491 e. The van der Waals surface area contributed by atoms with Gasteiger partial charge in [-0.25, -0.2) is 8.78 Å². The predicted octanol–water partition coefficient (Wildman–Crippen LogP) is 8.58. The van der Waals surface area contributed by atoms with Crippen LogP contribution in [0.15, 0.2) is 116 Å². The molecule has 0 N–H and O–H groups in total. The number of ether oxygens (including phenoxy) is 2. The fourth-order valence-corrected chi connectivity index (χ4v) is 2.84. The SMILES string of the molecule is C=Cc1ccc(-c2ccc(OCC(=C)/C=C\C(=C)C(=C)/C(F)=C(/F)C(=C)OCC)c(F)c2F)cc1. The van der Waals surface area contributed by atoms with Gasteiger partial charge in [-0.05, 0) is 41.3 Å². The summed E-state index contributed by atoms with van der Waals surface area (Å²) in [5.74, 6) is -5.45. The molecule has 0 amide bonds. The van der Waals surface area contributed by atoms with Crippen LogP contribution in [-0.2, 0) is 4.74 Å². The highest BCUT2D eigenvalue weighted by atomic mass is 19.2. The normalized spacial score (nSPS) is 11.6. The number of halogens is 4. The highest BCUT2D eigenvalue weighted by Gasteiger charge is 2.17. The van der Waals surface area contributed by atoms with Gasteiger partial charge < -0.3 is 9.47 Å². The van der Waals surface area contributed by atoms with Crippen molar-refractivity contribution in [3.05, 3.63) is 133 Å². The molecular formula is C29H26F4O2. The van der Waals surface area contributed by atoms with Crippen LogP contribution in [-0.4, -0.2) is 13.2 Å². The second kappa shape index (κ2) is 12.4. The van der Waals surface area contributed by atoms with E-state index in [0.29, 0.717) is 11.1 Å². The van der Waals surface area contributed by atoms with Gasteiger partial charge in [-0.15, -0.1) is 0 Å². The van der Waals surface area contributed by atoms with Gasteiger partial charge in [0.1, 0.15) is 6.61 Å². The molecule has 182 valence electrons. The molecule has 0 aliphatic carbocycles. The standard InChI is InChI=1S/C29H26F4O2/c1-7-22-11-13-23(14-12-22)24-15-16-25(29(33)28(24)32)35-17-18(3)9-10-19(4)20(5)26(30)27(31)21(6)34-8-2/h7,9-16H,1,3-6,8,17H2,2H3/b10-9-,27-26-. The molecule has 0 unspecified atom stereocenters. The zero-order valence-corrected chi connectivity index (χ0v) is 19.5. The lowest BCUT2D eigenvalue weighted by atomic mass is 10.0. The van der Waals surface area contributed by atoms with E-state index < -0.39 is 29.0 Å². The molecule has 2 nitrogen and oxygen atoms in total. The highest BCUT2D eigenvalue weighted by Crippen LogP contribution is 2.31. The van der Waals surface area contributed by atoms with E-state index in [2.05, 4.69) is 32.9 Å². The molecule has 0 bridgehead atoms. The van der Waals surface area contributed by atoms with Crippen molar-refractivity contribution in [2.75, 3.05) is 13.2 Å². The first-order valence-corrected chi connectivity index (χ1v) is 10.6. The van der Waals surface area contributed by atoms with Crippen LogP contribution in [0.4, 0.5) is 17.6 Å². The summed E-state index contributed by atoms with van der Waals surface area (Å²) in [6, 6.07) is 9.56. The monoisotopic (exact) mass is 482 g/mol. The molecule has 0 saturated carbocycles. The van der Waals surface area contributed by atoms with Gasteiger partial charge in [0.15, 0.2) is 23.2 Å². The number of benzene rings is 2. The smallest absolute Gasteiger partial charge is 0.201 e. The average Bonchev–Trinajstić information content (AvgIpc) is 2.86. The van der Waals surface area contributed by atoms with Gasteiger partial charge in [0, 0.05) is 11.1 Å². The quantitative estimate of drug-likeness (QED) is 0.171. The van der Waals surface area contributed by atoms with E-state index in [4.69, 9.17) is 9.47 Å². The summed E-state index contributed by atoms with van der Waals surface area (Å²) < 4.78 is 67.6. The molecule has 0 heterocycles. The topological polar surface area (TPSA) is 18.5 Å². The first kappa shape index (κ1) is 27.2. The summed E-state index contributed by atoms with van der Waals surface area (Å²) in [5, 5.41) is 0. The van der Waals surface area contributed by atoms with Crippen molar-refractivity contribution in [2.45, 2.75) is 6.92 Å². The molecule has 0 aliphatic heterocycles.